The number of pyridine rings is 2. The van der Waals surface area contributed by atoms with Crippen molar-refractivity contribution in [2.45, 2.75) is 39.2 Å². The number of hydrogen-bond acceptors (Lipinski definition) is 6. The molecule has 32 heavy (non-hydrogen) atoms. The van der Waals surface area contributed by atoms with Gasteiger partial charge in [-0.1, -0.05) is 23.7 Å². The van der Waals surface area contributed by atoms with Crippen LogP contribution in [0.1, 0.15) is 30.9 Å². The zero-order valence-corrected chi connectivity index (χ0v) is 19.3. The summed E-state index contributed by atoms with van der Waals surface area (Å²) in [4.78, 5) is 19.9. The second-order valence-corrected chi connectivity index (χ2v) is 7.91. The van der Waals surface area contributed by atoms with Crippen LogP contribution in [0.3, 0.4) is 0 Å². The first kappa shape index (κ1) is 23.5. The van der Waals surface area contributed by atoms with Gasteiger partial charge in [0, 0.05) is 42.6 Å². The monoisotopic (exact) mass is 454 g/mol. The normalized spacial score (nSPS) is 11.6. The molecule has 0 N–H and O–H groups in total. The number of hydrogen-bond donors (Lipinski definition) is 0. The maximum absolute atomic E-state index is 11.3. The molecule has 168 valence electrons. The fourth-order valence-electron chi connectivity index (χ4n) is 3.22. The van der Waals surface area contributed by atoms with E-state index in [2.05, 4.69) is 9.97 Å². The van der Waals surface area contributed by atoms with E-state index in [1.165, 1.54) is 7.11 Å². The van der Waals surface area contributed by atoms with Crippen LogP contribution in [0.5, 0.6) is 11.6 Å². The topological polar surface area (TPSA) is 70.5 Å². The Hall–Kier alpha value is -3.12. The molecule has 0 aliphatic heterocycles. The smallest absolute Gasteiger partial charge is 0.305 e. The van der Waals surface area contributed by atoms with Gasteiger partial charge in [-0.15, -0.1) is 0 Å². The van der Waals surface area contributed by atoms with Gasteiger partial charge in [0.05, 0.1) is 18.7 Å². The summed E-state index contributed by atoms with van der Waals surface area (Å²) in [6, 6.07) is 11.5. The number of halogens is 1. The third-order valence-corrected chi connectivity index (χ3v) is 5.24. The highest BCUT2D eigenvalue weighted by atomic mass is 35.5. The molecule has 3 aromatic rings. The van der Waals surface area contributed by atoms with Crippen molar-refractivity contribution >= 4 is 17.6 Å². The van der Waals surface area contributed by atoms with Crippen molar-refractivity contribution < 1.29 is 19.0 Å². The molecule has 1 aromatic carbocycles. The number of esters is 1. The summed E-state index contributed by atoms with van der Waals surface area (Å²) >= 11 is 6.14. The van der Waals surface area contributed by atoms with Gasteiger partial charge in [0.1, 0.15) is 11.9 Å². The fraction of sp³-hybridized carbons (Fsp3) is 0.320. The lowest BCUT2D eigenvalue weighted by molar-refractivity contribution is -0.140. The molecule has 0 saturated carbocycles. The van der Waals surface area contributed by atoms with E-state index in [1.54, 1.807) is 18.6 Å². The van der Waals surface area contributed by atoms with Crippen molar-refractivity contribution in [2.75, 3.05) is 13.7 Å². The molecular formula is C25H27ClN2O4. The molecule has 2 heterocycles. The number of rotatable bonds is 10. The summed E-state index contributed by atoms with van der Waals surface area (Å²) < 4.78 is 16.7. The van der Waals surface area contributed by atoms with Crippen LogP contribution in [0.2, 0.25) is 5.02 Å². The van der Waals surface area contributed by atoms with E-state index in [0.717, 1.165) is 28.0 Å². The summed E-state index contributed by atoms with van der Waals surface area (Å²) in [7, 11) is 1.40. The largest absolute Gasteiger partial charge is 0.493 e. The second-order valence-electron chi connectivity index (χ2n) is 7.48. The van der Waals surface area contributed by atoms with Crippen LogP contribution in [-0.4, -0.2) is 35.8 Å². The van der Waals surface area contributed by atoms with Gasteiger partial charge < -0.3 is 14.2 Å². The van der Waals surface area contributed by atoms with Gasteiger partial charge in [0.2, 0.25) is 5.88 Å². The molecule has 0 amide bonds. The molecule has 0 bridgehead atoms. The summed E-state index contributed by atoms with van der Waals surface area (Å²) in [6.07, 6.45) is 6.63. The number of carbonyl (C=O) groups is 1. The van der Waals surface area contributed by atoms with E-state index in [4.69, 9.17) is 25.8 Å². The second kappa shape index (κ2) is 11.5. The minimum absolute atomic E-state index is 0.112. The molecule has 6 nitrogen and oxygen atoms in total. The van der Waals surface area contributed by atoms with Crippen LogP contribution in [0, 0.1) is 6.92 Å². The maximum Gasteiger partial charge on any atom is 0.305 e. The van der Waals surface area contributed by atoms with Crippen LogP contribution in [0.15, 0.2) is 55.0 Å². The number of aryl methyl sites for hydroxylation is 2. The van der Waals surface area contributed by atoms with E-state index < -0.39 is 0 Å². The van der Waals surface area contributed by atoms with Gasteiger partial charge in [-0.25, -0.2) is 4.98 Å². The van der Waals surface area contributed by atoms with E-state index in [0.29, 0.717) is 36.8 Å². The third kappa shape index (κ3) is 6.69. The molecule has 0 aliphatic carbocycles. The first-order valence-corrected chi connectivity index (χ1v) is 10.9. The Kier molecular flexibility index (Phi) is 8.45. The van der Waals surface area contributed by atoms with Crippen molar-refractivity contribution in [3.05, 3.63) is 71.1 Å². The number of carbonyl (C=O) groups excluding carboxylic acids is 1. The van der Waals surface area contributed by atoms with Gasteiger partial charge in [0.25, 0.3) is 0 Å². The highest BCUT2D eigenvalue weighted by Crippen LogP contribution is 2.31. The quantitative estimate of drug-likeness (QED) is 0.379. The molecule has 3 rings (SSSR count). The van der Waals surface area contributed by atoms with Crippen molar-refractivity contribution in [3.8, 4) is 22.8 Å². The van der Waals surface area contributed by atoms with Gasteiger partial charge >= 0.3 is 5.97 Å². The first-order chi connectivity index (χ1) is 15.5. The lowest BCUT2D eigenvalue weighted by Crippen LogP contribution is -2.17. The van der Waals surface area contributed by atoms with Gasteiger partial charge in [-0.05, 0) is 55.7 Å². The van der Waals surface area contributed by atoms with E-state index in [9.17, 15) is 4.79 Å². The van der Waals surface area contributed by atoms with Crippen LogP contribution in [0.25, 0.3) is 11.1 Å². The lowest BCUT2D eigenvalue weighted by Gasteiger charge is -2.17. The highest BCUT2D eigenvalue weighted by Gasteiger charge is 2.13. The van der Waals surface area contributed by atoms with E-state index in [1.807, 2.05) is 50.2 Å². The van der Waals surface area contributed by atoms with Crippen LogP contribution >= 0.6 is 11.6 Å². The van der Waals surface area contributed by atoms with Gasteiger partial charge in [-0.3, -0.25) is 9.78 Å². The number of nitrogens with zero attached hydrogens (tertiary/aromatic N) is 2. The number of benzene rings is 1. The van der Waals surface area contributed by atoms with E-state index in [-0.39, 0.29) is 12.1 Å². The minimum atomic E-state index is -0.208. The summed E-state index contributed by atoms with van der Waals surface area (Å²) in [5.74, 6) is 1.10. The Morgan fingerprint density at radius 1 is 1.19 bits per heavy atom. The van der Waals surface area contributed by atoms with E-state index >= 15 is 0 Å². The molecule has 2 aromatic heterocycles. The molecule has 1 atom stereocenters. The molecule has 0 spiro atoms. The number of methoxy groups -OCH3 is 1. The molecule has 7 heteroatoms. The standard InChI is InChI=1S/C25H27ClN2O4/c1-17-13-22(8-6-19(17)7-9-24(29)30-3)31-12-10-18(2)32-25-23(14-21(26)16-28-25)20-5-4-11-27-15-20/h4-6,8,11,13-16,18H,7,9-10,12H2,1-3H3. The molecule has 1 unspecified atom stereocenters. The first-order valence-electron chi connectivity index (χ1n) is 10.5. The third-order valence-electron chi connectivity index (χ3n) is 5.04. The summed E-state index contributed by atoms with van der Waals surface area (Å²) in [5, 5.41) is 0.539. The lowest BCUT2D eigenvalue weighted by atomic mass is 10.0. The average molecular weight is 455 g/mol. The average Bonchev–Trinajstić information content (AvgIpc) is 2.80. The number of ether oxygens (including phenoxy) is 3. The fourth-order valence-corrected chi connectivity index (χ4v) is 3.38. The summed E-state index contributed by atoms with van der Waals surface area (Å²) in [6.45, 7) is 4.49. The van der Waals surface area contributed by atoms with Crippen LogP contribution in [-0.2, 0) is 16.0 Å². The van der Waals surface area contributed by atoms with Gasteiger partial charge in [0.15, 0.2) is 0 Å². The predicted octanol–water partition coefficient (Wildman–Crippen LogP) is 5.45. The van der Waals surface area contributed by atoms with Crippen molar-refractivity contribution in [2.24, 2.45) is 0 Å². The Morgan fingerprint density at radius 3 is 2.75 bits per heavy atom. The molecule has 0 radical (unpaired) electrons. The van der Waals surface area contributed by atoms with Crippen molar-refractivity contribution in [1.82, 2.24) is 9.97 Å². The van der Waals surface area contributed by atoms with Gasteiger partial charge in [-0.2, -0.15) is 0 Å². The molecule has 0 aliphatic rings. The zero-order chi connectivity index (χ0) is 22.9. The van der Waals surface area contributed by atoms with Crippen molar-refractivity contribution in [1.29, 1.82) is 0 Å². The van der Waals surface area contributed by atoms with Crippen LogP contribution in [0.4, 0.5) is 0 Å². The maximum atomic E-state index is 11.3. The predicted molar refractivity (Wildman–Crippen MR) is 124 cm³/mol. The Morgan fingerprint density at radius 2 is 2.03 bits per heavy atom. The van der Waals surface area contributed by atoms with Crippen LogP contribution < -0.4 is 9.47 Å². The Bertz CT molecular complexity index is 1040. The Balaban J connectivity index is 1.54. The zero-order valence-electron chi connectivity index (χ0n) is 18.5. The van der Waals surface area contributed by atoms with Crippen molar-refractivity contribution in [3.63, 3.8) is 0 Å². The number of aromatic nitrogens is 2. The Labute approximate surface area is 193 Å². The SMILES string of the molecule is COC(=O)CCc1ccc(OCCC(C)Oc2ncc(Cl)cc2-c2cccnc2)cc1C. The summed E-state index contributed by atoms with van der Waals surface area (Å²) in [5.41, 5.74) is 3.89. The minimum Gasteiger partial charge on any atom is -0.493 e. The molecule has 0 fully saturated rings. The molecule has 0 saturated heterocycles. The highest BCUT2D eigenvalue weighted by molar-refractivity contribution is 6.30. The molecular weight excluding hydrogens is 428 g/mol.